The van der Waals surface area contributed by atoms with Crippen LogP contribution in [0.15, 0.2) is 54.1 Å². The van der Waals surface area contributed by atoms with Crippen LogP contribution in [0, 0.1) is 0 Å². The third-order valence-corrected chi connectivity index (χ3v) is 4.89. The molecule has 0 unspecified atom stereocenters. The van der Waals surface area contributed by atoms with Crippen molar-refractivity contribution in [3.8, 4) is 0 Å². The largest absolute Gasteiger partial charge is 0.466 e. The van der Waals surface area contributed by atoms with Crippen LogP contribution in [0.2, 0.25) is 0 Å². The first-order chi connectivity index (χ1) is 13.4. The molecular weight excluding hydrogens is 432 g/mol. The van der Waals surface area contributed by atoms with Crippen molar-refractivity contribution in [3.05, 3.63) is 59.7 Å². The van der Waals surface area contributed by atoms with Crippen LogP contribution < -0.4 is 0 Å². The zero-order chi connectivity index (χ0) is 20.7. The van der Waals surface area contributed by atoms with Crippen LogP contribution in [0.4, 0.5) is 0 Å². The Balaban J connectivity index is 2.18. The summed E-state index contributed by atoms with van der Waals surface area (Å²) in [5, 5.41) is 0. The lowest BCUT2D eigenvalue weighted by atomic mass is 9.93. The molecule has 150 valence electrons. The molecular formula is C20H21BrO7. The van der Waals surface area contributed by atoms with Crippen molar-refractivity contribution < 1.29 is 33.3 Å². The van der Waals surface area contributed by atoms with Gasteiger partial charge in [0, 0.05) is 12.0 Å². The van der Waals surface area contributed by atoms with Crippen LogP contribution in [-0.4, -0.2) is 55.8 Å². The van der Waals surface area contributed by atoms with Crippen LogP contribution in [0.1, 0.15) is 16.8 Å². The molecule has 8 heteroatoms. The molecule has 3 atom stereocenters. The van der Waals surface area contributed by atoms with Crippen LogP contribution in [0.25, 0.3) is 0 Å². The number of benzene rings is 1. The highest BCUT2D eigenvalue weighted by Gasteiger charge is 2.38. The Morgan fingerprint density at radius 1 is 1.11 bits per heavy atom. The molecule has 0 N–H and O–H groups in total. The van der Waals surface area contributed by atoms with Gasteiger partial charge in [0.25, 0.3) is 0 Å². The second-order valence-corrected chi connectivity index (χ2v) is 7.07. The minimum Gasteiger partial charge on any atom is -0.466 e. The standard InChI is InChI=1S/C20H21BrO7/c1-12(18(22)25-2)11-27-16-10-14(19(23)26-3)9-15(21)17(16)28-20(24)13-7-5-4-6-8-13/h4-9,15-17H,1,10-11H2,2-3H3/t15-,16+,17+/m0/s1. The first-order valence-corrected chi connectivity index (χ1v) is 9.35. The molecule has 0 saturated heterocycles. The summed E-state index contributed by atoms with van der Waals surface area (Å²) in [7, 11) is 2.52. The number of hydrogen-bond acceptors (Lipinski definition) is 7. The molecule has 0 fully saturated rings. The number of halogens is 1. The van der Waals surface area contributed by atoms with Crippen molar-refractivity contribution in [1.82, 2.24) is 0 Å². The van der Waals surface area contributed by atoms with Gasteiger partial charge in [0.15, 0.2) is 0 Å². The maximum absolute atomic E-state index is 12.5. The van der Waals surface area contributed by atoms with Crippen molar-refractivity contribution >= 4 is 33.8 Å². The van der Waals surface area contributed by atoms with Crippen LogP contribution in [0.5, 0.6) is 0 Å². The Hall–Kier alpha value is -2.45. The average Bonchev–Trinajstić information content (AvgIpc) is 2.72. The van der Waals surface area contributed by atoms with E-state index in [1.807, 2.05) is 0 Å². The number of carbonyl (C=O) groups is 3. The quantitative estimate of drug-likeness (QED) is 0.272. The smallest absolute Gasteiger partial charge is 0.338 e. The summed E-state index contributed by atoms with van der Waals surface area (Å²) >= 11 is 3.43. The highest BCUT2D eigenvalue weighted by atomic mass is 79.9. The van der Waals surface area contributed by atoms with Gasteiger partial charge in [0.2, 0.25) is 0 Å². The van der Waals surface area contributed by atoms with Gasteiger partial charge >= 0.3 is 17.9 Å². The monoisotopic (exact) mass is 452 g/mol. The van der Waals surface area contributed by atoms with Gasteiger partial charge in [-0.1, -0.05) is 46.8 Å². The summed E-state index contributed by atoms with van der Waals surface area (Å²) in [6.45, 7) is 3.47. The lowest BCUT2D eigenvalue weighted by molar-refractivity contribution is -0.139. The van der Waals surface area contributed by atoms with Crippen LogP contribution in [0.3, 0.4) is 0 Å². The molecule has 1 aromatic carbocycles. The fraction of sp³-hybridized carbons (Fsp3) is 0.350. The van der Waals surface area contributed by atoms with E-state index < -0.39 is 34.9 Å². The SMILES string of the molecule is C=C(CO[C@@H]1CC(C(=O)OC)=C[C@H](Br)[C@H]1OC(=O)c1ccccc1)C(=O)OC. The lowest BCUT2D eigenvalue weighted by Gasteiger charge is -2.33. The molecule has 0 spiro atoms. The average molecular weight is 453 g/mol. The molecule has 0 saturated carbocycles. The molecule has 7 nitrogen and oxygen atoms in total. The topological polar surface area (TPSA) is 88.1 Å². The summed E-state index contributed by atoms with van der Waals surface area (Å²) in [6.07, 6.45) is 0.351. The number of carbonyl (C=O) groups excluding carboxylic acids is 3. The molecule has 0 aromatic heterocycles. The number of methoxy groups -OCH3 is 2. The molecule has 28 heavy (non-hydrogen) atoms. The fourth-order valence-electron chi connectivity index (χ4n) is 2.65. The van der Waals surface area contributed by atoms with Gasteiger partial charge in [-0.05, 0) is 12.1 Å². The van der Waals surface area contributed by atoms with E-state index in [2.05, 4.69) is 27.2 Å². The number of alkyl halides is 1. The van der Waals surface area contributed by atoms with E-state index in [9.17, 15) is 14.4 Å². The van der Waals surface area contributed by atoms with Crippen LogP contribution in [-0.2, 0) is 28.5 Å². The zero-order valence-corrected chi connectivity index (χ0v) is 17.1. The van der Waals surface area contributed by atoms with Crippen molar-refractivity contribution in [1.29, 1.82) is 0 Å². The second kappa shape index (κ2) is 10.2. The summed E-state index contributed by atoms with van der Waals surface area (Å²) in [6, 6.07) is 8.53. The number of ether oxygens (including phenoxy) is 4. The second-order valence-electron chi connectivity index (χ2n) is 6.01. The van der Waals surface area contributed by atoms with E-state index >= 15 is 0 Å². The van der Waals surface area contributed by atoms with Crippen molar-refractivity contribution in [2.45, 2.75) is 23.5 Å². The normalized spacial score (nSPS) is 21.2. The van der Waals surface area contributed by atoms with E-state index in [1.165, 1.54) is 14.2 Å². The van der Waals surface area contributed by atoms with Crippen molar-refractivity contribution in [3.63, 3.8) is 0 Å². The Bertz CT molecular complexity index is 772. The predicted octanol–water partition coefficient (Wildman–Crippen LogP) is 2.59. The third-order valence-electron chi connectivity index (χ3n) is 4.11. The Kier molecular flexibility index (Phi) is 7.95. The highest BCUT2D eigenvalue weighted by molar-refractivity contribution is 9.09. The molecule has 0 bridgehead atoms. The van der Waals surface area contributed by atoms with Crippen molar-refractivity contribution in [2.24, 2.45) is 0 Å². The maximum Gasteiger partial charge on any atom is 0.338 e. The van der Waals surface area contributed by atoms with E-state index in [4.69, 9.17) is 14.2 Å². The summed E-state index contributed by atoms with van der Waals surface area (Å²) < 4.78 is 20.8. The molecule has 1 aliphatic rings. The number of rotatable bonds is 7. The Labute approximate surface area is 171 Å². The summed E-state index contributed by atoms with van der Waals surface area (Å²) in [5.74, 6) is -1.63. The highest BCUT2D eigenvalue weighted by Crippen LogP contribution is 2.30. The van der Waals surface area contributed by atoms with E-state index in [0.717, 1.165) is 0 Å². The summed E-state index contributed by atoms with van der Waals surface area (Å²) in [4.78, 5) is 35.4. The zero-order valence-electron chi connectivity index (χ0n) is 15.6. The minimum absolute atomic E-state index is 0.107. The minimum atomic E-state index is -0.730. The van der Waals surface area contributed by atoms with Crippen LogP contribution >= 0.6 is 15.9 Å². The third kappa shape index (κ3) is 5.53. The van der Waals surface area contributed by atoms with Gasteiger partial charge in [0.1, 0.15) is 12.2 Å². The Morgan fingerprint density at radius 2 is 1.79 bits per heavy atom. The first kappa shape index (κ1) is 21.8. The maximum atomic E-state index is 12.5. The molecule has 2 rings (SSSR count). The van der Waals surface area contributed by atoms with Gasteiger partial charge in [-0.25, -0.2) is 14.4 Å². The molecule has 0 heterocycles. The lowest BCUT2D eigenvalue weighted by Crippen LogP contribution is -2.43. The number of hydrogen-bond donors (Lipinski definition) is 0. The molecule has 1 aromatic rings. The van der Waals surface area contributed by atoms with E-state index in [-0.39, 0.29) is 18.6 Å². The number of esters is 3. The van der Waals surface area contributed by atoms with Gasteiger partial charge < -0.3 is 18.9 Å². The van der Waals surface area contributed by atoms with Gasteiger partial charge in [-0.2, -0.15) is 0 Å². The molecule has 0 aliphatic heterocycles. The molecule has 0 amide bonds. The van der Waals surface area contributed by atoms with E-state index in [1.54, 1.807) is 36.4 Å². The fourth-order valence-corrected chi connectivity index (χ4v) is 3.41. The van der Waals surface area contributed by atoms with Gasteiger partial charge in [-0.3, -0.25) is 0 Å². The van der Waals surface area contributed by atoms with Gasteiger partial charge in [-0.15, -0.1) is 0 Å². The predicted molar refractivity (Wildman–Crippen MR) is 104 cm³/mol. The van der Waals surface area contributed by atoms with E-state index in [0.29, 0.717) is 11.1 Å². The molecule has 0 radical (unpaired) electrons. The molecule has 1 aliphatic carbocycles. The summed E-state index contributed by atoms with van der Waals surface area (Å²) in [5.41, 5.74) is 0.878. The van der Waals surface area contributed by atoms with Crippen molar-refractivity contribution in [2.75, 3.05) is 20.8 Å². The first-order valence-electron chi connectivity index (χ1n) is 8.44. The van der Waals surface area contributed by atoms with Gasteiger partial charge in [0.05, 0.1) is 36.8 Å². The Morgan fingerprint density at radius 3 is 2.39 bits per heavy atom.